The van der Waals surface area contributed by atoms with Gasteiger partial charge in [0, 0.05) is 44.4 Å². The number of aromatic amines is 2. The highest BCUT2D eigenvalue weighted by atomic mass is 16.2. The van der Waals surface area contributed by atoms with Crippen molar-refractivity contribution in [3.8, 4) is 0 Å². The summed E-state index contributed by atoms with van der Waals surface area (Å²) in [5, 5.41) is 0. The van der Waals surface area contributed by atoms with Crippen molar-refractivity contribution in [3.63, 3.8) is 0 Å². The molecule has 0 bridgehead atoms. The first-order chi connectivity index (χ1) is 17.7. The fourth-order valence-electron chi connectivity index (χ4n) is 5.11. The maximum Gasteiger partial charge on any atom is 0.290 e. The van der Waals surface area contributed by atoms with Gasteiger partial charge in [-0.25, -0.2) is 9.97 Å². The van der Waals surface area contributed by atoms with Crippen LogP contribution in [0.25, 0.3) is 0 Å². The number of carbonyl (C=O) groups is 1. The van der Waals surface area contributed by atoms with Gasteiger partial charge in [-0.3, -0.25) is 9.69 Å². The number of unbranched alkanes of at least 4 members (excludes halogenated alkanes) is 1. The van der Waals surface area contributed by atoms with Crippen LogP contribution in [0.1, 0.15) is 72.7 Å². The largest absolute Gasteiger partial charge is 0.347 e. The first-order valence-corrected chi connectivity index (χ1v) is 13.5. The zero-order valence-electron chi connectivity index (χ0n) is 21.9. The molecule has 0 unspecified atom stereocenters. The van der Waals surface area contributed by atoms with E-state index in [2.05, 4.69) is 61.8 Å². The van der Waals surface area contributed by atoms with Gasteiger partial charge < -0.3 is 19.8 Å². The van der Waals surface area contributed by atoms with Crippen molar-refractivity contribution >= 4 is 5.91 Å². The lowest BCUT2D eigenvalue weighted by Gasteiger charge is -2.30. The van der Waals surface area contributed by atoms with E-state index in [1.165, 1.54) is 63.0 Å². The normalized spacial score (nSPS) is 13.8. The van der Waals surface area contributed by atoms with Crippen molar-refractivity contribution in [2.24, 2.45) is 0 Å². The van der Waals surface area contributed by atoms with Gasteiger partial charge in [0.15, 0.2) is 5.82 Å². The predicted octanol–water partition coefficient (Wildman–Crippen LogP) is 4.24. The maximum atomic E-state index is 13.1. The van der Waals surface area contributed by atoms with E-state index in [1.54, 1.807) is 29.7 Å². The van der Waals surface area contributed by atoms with Crippen molar-refractivity contribution in [2.75, 3.05) is 32.7 Å². The number of nitrogens with zero attached hydrogens (tertiary/aromatic N) is 5. The Kier molecular flexibility index (Phi) is 9.69. The number of rotatable bonds is 14. The fourth-order valence-corrected chi connectivity index (χ4v) is 5.11. The van der Waals surface area contributed by atoms with E-state index in [9.17, 15) is 4.79 Å². The molecule has 0 saturated heterocycles. The predicted molar refractivity (Wildman–Crippen MR) is 142 cm³/mol. The van der Waals surface area contributed by atoms with Crippen LogP contribution >= 0.6 is 0 Å². The SMILES string of the molecule is CCCN(CCC)CCCCN1CCc2cc(CN(Cc3ncc[nH]3)C(=O)c3ncc[nH]3)ccc2C1. The number of imidazole rings is 2. The molecule has 3 heterocycles. The molecule has 2 aromatic heterocycles. The third-order valence-electron chi connectivity index (χ3n) is 6.90. The Bertz CT molecular complexity index is 1040. The Morgan fingerprint density at radius 2 is 1.78 bits per heavy atom. The summed E-state index contributed by atoms with van der Waals surface area (Å²) in [7, 11) is 0. The number of benzene rings is 1. The summed E-state index contributed by atoms with van der Waals surface area (Å²) in [6, 6.07) is 6.70. The van der Waals surface area contributed by atoms with Crippen molar-refractivity contribution < 1.29 is 4.79 Å². The van der Waals surface area contributed by atoms with Crippen LogP contribution in [0.5, 0.6) is 0 Å². The minimum absolute atomic E-state index is 0.128. The zero-order valence-corrected chi connectivity index (χ0v) is 21.9. The summed E-state index contributed by atoms with van der Waals surface area (Å²) < 4.78 is 0. The van der Waals surface area contributed by atoms with Crippen LogP contribution in [-0.4, -0.2) is 73.3 Å². The number of H-pyrrole nitrogens is 2. The van der Waals surface area contributed by atoms with Gasteiger partial charge in [-0.05, 0) is 75.0 Å². The Balaban J connectivity index is 1.32. The second-order valence-corrected chi connectivity index (χ2v) is 9.81. The summed E-state index contributed by atoms with van der Waals surface area (Å²) in [5.41, 5.74) is 3.96. The van der Waals surface area contributed by atoms with E-state index in [0.29, 0.717) is 18.9 Å². The minimum Gasteiger partial charge on any atom is -0.347 e. The molecule has 1 amide bonds. The second kappa shape index (κ2) is 13.4. The van der Waals surface area contributed by atoms with Crippen LogP contribution in [0.3, 0.4) is 0 Å². The van der Waals surface area contributed by atoms with Crippen LogP contribution in [0, 0.1) is 0 Å². The molecule has 0 fully saturated rings. The van der Waals surface area contributed by atoms with Gasteiger partial charge in [0.2, 0.25) is 0 Å². The van der Waals surface area contributed by atoms with Crippen LogP contribution in [0.2, 0.25) is 0 Å². The summed E-state index contributed by atoms with van der Waals surface area (Å²) >= 11 is 0. The molecule has 1 aliphatic heterocycles. The lowest BCUT2D eigenvalue weighted by molar-refractivity contribution is 0.0714. The average Bonchev–Trinajstić information content (AvgIpc) is 3.61. The number of carbonyl (C=O) groups excluding carboxylic acids is 1. The first-order valence-electron chi connectivity index (χ1n) is 13.5. The summed E-state index contributed by atoms with van der Waals surface area (Å²) in [6.07, 6.45) is 12.8. The Hall–Kier alpha value is -2.97. The Labute approximate surface area is 215 Å². The third kappa shape index (κ3) is 7.27. The van der Waals surface area contributed by atoms with Gasteiger partial charge in [-0.2, -0.15) is 0 Å². The van der Waals surface area contributed by atoms with Crippen molar-refractivity contribution in [3.05, 3.63) is 71.3 Å². The Morgan fingerprint density at radius 3 is 2.50 bits per heavy atom. The van der Waals surface area contributed by atoms with Crippen molar-refractivity contribution in [2.45, 2.75) is 65.6 Å². The maximum absolute atomic E-state index is 13.1. The molecule has 4 rings (SSSR count). The lowest BCUT2D eigenvalue weighted by atomic mass is 9.97. The number of hydrogen-bond donors (Lipinski definition) is 2. The van der Waals surface area contributed by atoms with Crippen molar-refractivity contribution in [1.82, 2.24) is 34.6 Å². The van der Waals surface area contributed by atoms with Crippen LogP contribution in [0.15, 0.2) is 43.0 Å². The molecule has 0 saturated carbocycles. The number of amides is 1. The molecule has 2 N–H and O–H groups in total. The molecule has 36 heavy (non-hydrogen) atoms. The fraction of sp³-hybridized carbons (Fsp3) is 0.536. The van der Waals surface area contributed by atoms with Gasteiger partial charge in [0.05, 0.1) is 6.54 Å². The smallest absolute Gasteiger partial charge is 0.290 e. The van der Waals surface area contributed by atoms with E-state index in [0.717, 1.165) is 30.9 Å². The number of nitrogens with one attached hydrogen (secondary N) is 2. The van der Waals surface area contributed by atoms with Gasteiger partial charge in [0.1, 0.15) is 5.82 Å². The van der Waals surface area contributed by atoms with E-state index in [1.807, 2.05) is 0 Å². The van der Waals surface area contributed by atoms with Gasteiger partial charge >= 0.3 is 0 Å². The average molecular weight is 492 g/mol. The van der Waals surface area contributed by atoms with Gasteiger partial charge in [-0.15, -0.1) is 0 Å². The topological polar surface area (TPSA) is 84.2 Å². The second-order valence-electron chi connectivity index (χ2n) is 9.81. The highest BCUT2D eigenvalue weighted by molar-refractivity contribution is 5.90. The van der Waals surface area contributed by atoms with Crippen LogP contribution in [0.4, 0.5) is 0 Å². The zero-order chi connectivity index (χ0) is 25.2. The number of aromatic nitrogens is 4. The first kappa shape index (κ1) is 26.1. The third-order valence-corrected chi connectivity index (χ3v) is 6.90. The molecule has 194 valence electrons. The highest BCUT2D eigenvalue weighted by Gasteiger charge is 2.21. The quantitative estimate of drug-likeness (QED) is 0.330. The minimum atomic E-state index is -0.128. The van der Waals surface area contributed by atoms with Gasteiger partial charge in [0.25, 0.3) is 5.91 Å². The molecule has 0 radical (unpaired) electrons. The molecular weight excluding hydrogens is 450 g/mol. The molecule has 1 aliphatic rings. The summed E-state index contributed by atoms with van der Waals surface area (Å²) in [4.78, 5) is 34.6. The summed E-state index contributed by atoms with van der Waals surface area (Å²) in [5.74, 6) is 0.982. The van der Waals surface area contributed by atoms with E-state index >= 15 is 0 Å². The molecule has 3 aromatic rings. The van der Waals surface area contributed by atoms with Crippen LogP contribution in [-0.2, 0) is 26.1 Å². The molecule has 8 nitrogen and oxygen atoms in total. The molecular formula is C28H41N7O. The van der Waals surface area contributed by atoms with E-state index < -0.39 is 0 Å². The van der Waals surface area contributed by atoms with E-state index in [4.69, 9.17) is 0 Å². The monoisotopic (exact) mass is 491 g/mol. The van der Waals surface area contributed by atoms with E-state index in [-0.39, 0.29) is 5.91 Å². The molecule has 8 heteroatoms. The van der Waals surface area contributed by atoms with Crippen LogP contribution < -0.4 is 0 Å². The lowest BCUT2D eigenvalue weighted by Crippen LogP contribution is -2.33. The summed E-state index contributed by atoms with van der Waals surface area (Å²) in [6.45, 7) is 12.4. The molecule has 0 atom stereocenters. The Morgan fingerprint density at radius 1 is 0.972 bits per heavy atom. The number of fused-ring (bicyclic) bond motifs is 1. The standard InChI is InChI=1S/C28H41N7O/c1-3-14-33(15-4-2)16-5-6-17-34-18-9-24-19-23(7-8-25(24)21-34)20-35(22-26-29-10-11-30-26)28(36)27-31-12-13-32-27/h7-8,10-13,19H,3-6,9,14-18,20-22H2,1-2H3,(H,29,30)(H,31,32). The molecule has 0 aliphatic carbocycles. The molecule has 0 spiro atoms. The van der Waals surface area contributed by atoms with Crippen molar-refractivity contribution in [1.29, 1.82) is 0 Å². The van der Waals surface area contributed by atoms with Gasteiger partial charge in [-0.1, -0.05) is 32.0 Å². The molecule has 1 aromatic carbocycles. The number of hydrogen-bond acceptors (Lipinski definition) is 5. The highest BCUT2D eigenvalue weighted by Crippen LogP contribution is 2.22.